The zero-order valence-corrected chi connectivity index (χ0v) is 14.8. The highest BCUT2D eigenvalue weighted by Gasteiger charge is 2.34. The van der Waals surface area contributed by atoms with E-state index in [0.29, 0.717) is 24.9 Å². The molecule has 2 atom stereocenters. The molecule has 124 valence electrons. The van der Waals surface area contributed by atoms with E-state index in [2.05, 4.69) is 34.6 Å². The van der Waals surface area contributed by atoms with Gasteiger partial charge in [-0.05, 0) is 31.1 Å². The van der Waals surface area contributed by atoms with Gasteiger partial charge in [0, 0.05) is 12.3 Å². The van der Waals surface area contributed by atoms with Gasteiger partial charge in [-0.2, -0.15) is 0 Å². The van der Waals surface area contributed by atoms with Crippen LogP contribution in [0.15, 0.2) is 0 Å². The van der Waals surface area contributed by atoms with Crippen LogP contribution in [0, 0.1) is 23.7 Å². The molecule has 0 amide bonds. The van der Waals surface area contributed by atoms with Gasteiger partial charge < -0.3 is 4.74 Å². The Morgan fingerprint density at radius 2 is 1.43 bits per heavy atom. The fourth-order valence-electron chi connectivity index (χ4n) is 2.65. The summed E-state index contributed by atoms with van der Waals surface area (Å²) >= 11 is 0. The molecule has 0 spiro atoms. The summed E-state index contributed by atoms with van der Waals surface area (Å²) in [5.74, 6) is 0.339. The zero-order valence-electron chi connectivity index (χ0n) is 14.8. The highest BCUT2D eigenvalue weighted by atomic mass is 16.5. The Hall–Kier alpha value is -0.860. The van der Waals surface area contributed by atoms with E-state index in [-0.39, 0.29) is 23.6 Å². The Bertz CT molecular complexity index is 308. The van der Waals surface area contributed by atoms with Gasteiger partial charge in [-0.15, -0.1) is 0 Å². The topological polar surface area (TPSA) is 43.4 Å². The number of esters is 1. The van der Waals surface area contributed by atoms with Gasteiger partial charge in [0.05, 0.1) is 12.5 Å². The third-order valence-electron chi connectivity index (χ3n) is 3.74. The van der Waals surface area contributed by atoms with E-state index in [1.54, 1.807) is 0 Å². The van der Waals surface area contributed by atoms with Gasteiger partial charge in [-0.1, -0.05) is 48.0 Å². The van der Waals surface area contributed by atoms with Crippen molar-refractivity contribution in [1.82, 2.24) is 0 Å². The Kier molecular flexibility index (Phi) is 10.4. The average molecular weight is 298 g/mol. The molecule has 0 aromatic rings. The first-order valence-electron chi connectivity index (χ1n) is 8.52. The van der Waals surface area contributed by atoms with Crippen LogP contribution in [-0.4, -0.2) is 18.4 Å². The molecule has 0 aromatic carbocycles. The van der Waals surface area contributed by atoms with Crippen LogP contribution >= 0.6 is 0 Å². The van der Waals surface area contributed by atoms with Crippen LogP contribution in [0.5, 0.6) is 0 Å². The molecule has 3 nitrogen and oxygen atoms in total. The molecule has 0 aromatic heterocycles. The number of unbranched alkanes of at least 4 members (excludes halogenated alkanes) is 1. The van der Waals surface area contributed by atoms with Crippen LogP contribution in [0.25, 0.3) is 0 Å². The molecular weight excluding hydrogens is 264 g/mol. The third-order valence-corrected chi connectivity index (χ3v) is 3.74. The van der Waals surface area contributed by atoms with Crippen LogP contribution < -0.4 is 0 Å². The second kappa shape index (κ2) is 10.8. The number of Topliss-reactive ketones (excluding diaryl/α,β-unsaturated/α-hetero) is 1. The standard InChI is InChI=1S/C18H34O3/c1-7-9-10-21-18(20)16(12-14(5)6)15(11-13(3)4)17(19)8-2/h13-16H,7-12H2,1-6H3. The zero-order chi connectivity index (χ0) is 16.4. The van der Waals surface area contributed by atoms with Crippen molar-refractivity contribution in [3.05, 3.63) is 0 Å². The summed E-state index contributed by atoms with van der Waals surface area (Å²) in [5, 5.41) is 0. The van der Waals surface area contributed by atoms with Crippen LogP contribution in [0.3, 0.4) is 0 Å². The molecule has 0 aliphatic rings. The number of carbonyl (C=O) groups is 2. The van der Waals surface area contributed by atoms with Crippen LogP contribution in [0.4, 0.5) is 0 Å². The molecule has 0 N–H and O–H groups in total. The minimum atomic E-state index is -0.281. The van der Waals surface area contributed by atoms with Gasteiger partial charge in [-0.25, -0.2) is 0 Å². The third kappa shape index (κ3) is 8.23. The molecule has 0 heterocycles. The minimum Gasteiger partial charge on any atom is -0.465 e. The van der Waals surface area contributed by atoms with Crippen molar-refractivity contribution in [3.63, 3.8) is 0 Å². The molecule has 3 heteroatoms. The maximum absolute atomic E-state index is 12.4. The lowest BCUT2D eigenvalue weighted by atomic mass is 9.78. The SMILES string of the molecule is CCCCOC(=O)C(CC(C)C)C(CC(C)C)C(=O)CC. The molecule has 0 aliphatic heterocycles. The fraction of sp³-hybridized carbons (Fsp3) is 0.889. The van der Waals surface area contributed by atoms with E-state index in [4.69, 9.17) is 4.74 Å². The predicted molar refractivity (Wildman–Crippen MR) is 87.1 cm³/mol. The first kappa shape index (κ1) is 20.1. The van der Waals surface area contributed by atoms with Gasteiger partial charge in [-0.3, -0.25) is 9.59 Å². The number of hydrogen-bond donors (Lipinski definition) is 0. The van der Waals surface area contributed by atoms with E-state index in [1.807, 2.05) is 6.92 Å². The van der Waals surface area contributed by atoms with Crippen molar-refractivity contribution in [2.24, 2.45) is 23.7 Å². The summed E-state index contributed by atoms with van der Waals surface area (Å²) < 4.78 is 5.41. The highest BCUT2D eigenvalue weighted by molar-refractivity contribution is 5.86. The van der Waals surface area contributed by atoms with Gasteiger partial charge in [0.25, 0.3) is 0 Å². The molecule has 2 unspecified atom stereocenters. The van der Waals surface area contributed by atoms with Gasteiger partial charge in [0.2, 0.25) is 0 Å². The lowest BCUT2D eigenvalue weighted by Crippen LogP contribution is -2.33. The lowest BCUT2D eigenvalue weighted by Gasteiger charge is -2.27. The quantitative estimate of drug-likeness (QED) is 0.412. The second-order valence-electron chi connectivity index (χ2n) is 6.81. The summed E-state index contributed by atoms with van der Waals surface area (Å²) in [5.41, 5.74) is 0. The number of ether oxygens (including phenoxy) is 1. The summed E-state index contributed by atoms with van der Waals surface area (Å²) in [7, 11) is 0. The molecule has 0 bridgehead atoms. The largest absolute Gasteiger partial charge is 0.465 e. The first-order chi connectivity index (χ1) is 9.83. The molecule has 0 saturated heterocycles. The van der Waals surface area contributed by atoms with E-state index in [0.717, 1.165) is 25.7 Å². The Morgan fingerprint density at radius 1 is 0.905 bits per heavy atom. The van der Waals surface area contributed by atoms with Crippen LogP contribution in [-0.2, 0) is 14.3 Å². The number of carbonyl (C=O) groups excluding carboxylic acids is 2. The molecule has 0 fully saturated rings. The van der Waals surface area contributed by atoms with Crippen molar-refractivity contribution >= 4 is 11.8 Å². The monoisotopic (exact) mass is 298 g/mol. The summed E-state index contributed by atoms with van der Waals surface area (Å²) in [6, 6.07) is 0. The maximum atomic E-state index is 12.4. The summed E-state index contributed by atoms with van der Waals surface area (Å²) in [6.45, 7) is 12.8. The van der Waals surface area contributed by atoms with Crippen LogP contribution in [0.2, 0.25) is 0 Å². The van der Waals surface area contributed by atoms with E-state index >= 15 is 0 Å². The van der Waals surface area contributed by atoms with E-state index in [9.17, 15) is 9.59 Å². The average Bonchev–Trinajstić information content (AvgIpc) is 2.41. The van der Waals surface area contributed by atoms with Crippen molar-refractivity contribution in [3.8, 4) is 0 Å². The fourth-order valence-corrected chi connectivity index (χ4v) is 2.65. The predicted octanol–water partition coefficient (Wildman–Crippen LogP) is 4.63. The second-order valence-corrected chi connectivity index (χ2v) is 6.81. The molecule has 0 aliphatic carbocycles. The summed E-state index contributed by atoms with van der Waals surface area (Å²) in [4.78, 5) is 24.7. The molecule has 0 saturated carbocycles. The molecule has 0 rings (SSSR count). The molecule has 0 radical (unpaired) electrons. The number of ketones is 1. The molecule has 21 heavy (non-hydrogen) atoms. The van der Waals surface area contributed by atoms with E-state index in [1.165, 1.54) is 0 Å². The highest BCUT2D eigenvalue weighted by Crippen LogP contribution is 2.29. The Balaban J connectivity index is 5.02. The lowest BCUT2D eigenvalue weighted by molar-refractivity contribution is -0.154. The smallest absolute Gasteiger partial charge is 0.309 e. The number of rotatable bonds is 11. The normalized spacial score (nSPS) is 14.3. The Labute approximate surface area is 130 Å². The van der Waals surface area contributed by atoms with Gasteiger partial charge in [0.15, 0.2) is 0 Å². The molecular formula is C18H34O3. The summed E-state index contributed by atoms with van der Waals surface area (Å²) in [6.07, 6.45) is 3.89. The van der Waals surface area contributed by atoms with Crippen LogP contribution in [0.1, 0.15) is 73.6 Å². The minimum absolute atomic E-state index is 0.176. The van der Waals surface area contributed by atoms with Gasteiger partial charge in [0.1, 0.15) is 5.78 Å². The van der Waals surface area contributed by atoms with Crippen molar-refractivity contribution < 1.29 is 14.3 Å². The van der Waals surface area contributed by atoms with E-state index < -0.39 is 0 Å². The van der Waals surface area contributed by atoms with Gasteiger partial charge >= 0.3 is 5.97 Å². The van der Waals surface area contributed by atoms with Crippen molar-refractivity contribution in [1.29, 1.82) is 0 Å². The first-order valence-corrected chi connectivity index (χ1v) is 8.52. The number of hydrogen-bond acceptors (Lipinski definition) is 3. The maximum Gasteiger partial charge on any atom is 0.309 e. The Morgan fingerprint density at radius 3 is 1.86 bits per heavy atom. The van der Waals surface area contributed by atoms with Crippen molar-refractivity contribution in [2.45, 2.75) is 73.6 Å². The van der Waals surface area contributed by atoms with Crippen molar-refractivity contribution in [2.75, 3.05) is 6.61 Å².